The molecule has 1 saturated heterocycles. The molecular weight excluding hydrogens is 441 g/mol. The second-order valence-corrected chi connectivity index (χ2v) is 7.22. The summed E-state index contributed by atoms with van der Waals surface area (Å²) in [6.07, 6.45) is -1.69. The lowest BCUT2D eigenvalue weighted by Gasteiger charge is -2.16. The van der Waals surface area contributed by atoms with E-state index in [0.29, 0.717) is 36.5 Å². The number of rotatable bonds is 7. The van der Waals surface area contributed by atoms with Gasteiger partial charge in [0.2, 0.25) is 5.91 Å². The number of hydrogen-bond acceptors (Lipinski definition) is 5. The lowest BCUT2D eigenvalue weighted by atomic mass is 10.1. The van der Waals surface area contributed by atoms with Crippen LogP contribution in [0.4, 0.5) is 24.5 Å². The molecule has 1 unspecified atom stereocenters. The van der Waals surface area contributed by atoms with Crippen molar-refractivity contribution in [2.75, 3.05) is 31.5 Å². The van der Waals surface area contributed by atoms with Crippen LogP contribution in [-0.4, -0.2) is 38.7 Å². The summed E-state index contributed by atoms with van der Waals surface area (Å²) in [4.78, 5) is 24.4. The Kier molecular flexibility index (Phi) is 7.59. The predicted octanol–water partition coefficient (Wildman–Crippen LogP) is 4.49. The number of methoxy groups -OCH3 is 2. The molecular formula is C23H23F3N2O5. The molecule has 3 rings (SSSR count). The van der Waals surface area contributed by atoms with E-state index in [1.165, 1.54) is 26.4 Å². The minimum absolute atomic E-state index is 0.0418. The Hall–Kier alpha value is -3.53. The molecule has 0 aliphatic carbocycles. The van der Waals surface area contributed by atoms with Gasteiger partial charge in [-0.05, 0) is 54.8 Å². The molecule has 2 amide bonds. The van der Waals surface area contributed by atoms with Gasteiger partial charge >= 0.3 is 6.18 Å². The number of carbonyl (C=O) groups excluding carboxylic acids is 2. The van der Waals surface area contributed by atoms with Crippen molar-refractivity contribution in [1.29, 1.82) is 0 Å². The summed E-state index contributed by atoms with van der Waals surface area (Å²) in [6, 6.07) is 8.08. The summed E-state index contributed by atoms with van der Waals surface area (Å²) in [5.41, 5.74) is -1.00. The monoisotopic (exact) mass is 464 g/mol. The van der Waals surface area contributed by atoms with Crippen LogP contribution in [0.3, 0.4) is 0 Å². The summed E-state index contributed by atoms with van der Waals surface area (Å²) in [5, 5.41) is 4.67. The highest BCUT2D eigenvalue weighted by Crippen LogP contribution is 2.37. The van der Waals surface area contributed by atoms with E-state index in [2.05, 4.69) is 10.6 Å². The molecule has 2 aromatic rings. The fourth-order valence-corrected chi connectivity index (χ4v) is 3.24. The molecule has 1 fully saturated rings. The van der Waals surface area contributed by atoms with Crippen LogP contribution in [0.15, 0.2) is 42.5 Å². The first kappa shape index (κ1) is 24.1. The number of amides is 2. The fourth-order valence-electron chi connectivity index (χ4n) is 3.24. The molecule has 2 N–H and O–H groups in total. The van der Waals surface area contributed by atoms with Crippen LogP contribution in [0, 0.1) is 0 Å². The van der Waals surface area contributed by atoms with E-state index in [0.717, 1.165) is 18.2 Å². The van der Waals surface area contributed by atoms with Gasteiger partial charge in [0.1, 0.15) is 17.6 Å². The van der Waals surface area contributed by atoms with Crippen LogP contribution in [0.1, 0.15) is 24.0 Å². The highest BCUT2D eigenvalue weighted by Gasteiger charge is 2.34. The van der Waals surface area contributed by atoms with Gasteiger partial charge in [-0.15, -0.1) is 0 Å². The van der Waals surface area contributed by atoms with Gasteiger partial charge < -0.3 is 24.8 Å². The molecule has 1 atom stereocenters. The molecule has 2 aromatic carbocycles. The SMILES string of the molecule is COc1cc(/C=C/C(=O)Nc2ccc(NC(=O)C3CCCO3)cc2C(F)(F)F)cc(OC)c1. The second-order valence-electron chi connectivity index (χ2n) is 7.22. The van der Waals surface area contributed by atoms with E-state index < -0.39 is 35.3 Å². The smallest absolute Gasteiger partial charge is 0.418 e. The zero-order valence-corrected chi connectivity index (χ0v) is 18.0. The molecule has 33 heavy (non-hydrogen) atoms. The average molecular weight is 464 g/mol. The van der Waals surface area contributed by atoms with Crippen molar-refractivity contribution in [3.63, 3.8) is 0 Å². The largest absolute Gasteiger partial charge is 0.497 e. The Balaban J connectivity index is 1.76. The standard InChI is InChI=1S/C23H23F3N2O5/c1-31-16-10-14(11-17(13-16)32-2)5-8-21(29)28-19-7-6-15(12-18(19)23(24,25)26)27-22(30)20-4-3-9-33-20/h5-8,10-13,20H,3-4,9H2,1-2H3,(H,27,30)(H,28,29)/b8-5+. The van der Waals surface area contributed by atoms with Gasteiger partial charge in [0.25, 0.3) is 5.91 Å². The summed E-state index contributed by atoms with van der Waals surface area (Å²) < 4.78 is 56.3. The van der Waals surface area contributed by atoms with Crippen molar-refractivity contribution in [2.24, 2.45) is 0 Å². The van der Waals surface area contributed by atoms with E-state index in [-0.39, 0.29) is 5.69 Å². The molecule has 1 aliphatic rings. The number of ether oxygens (including phenoxy) is 3. The van der Waals surface area contributed by atoms with E-state index >= 15 is 0 Å². The van der Waals surface area contributed by atoms with Crippen molar-refractivity contribution in [3.8, 4) is 11.5 Å². The molecule has 1 aliphatic heterocycles. The van der Waals surface area contributed by atoms with Crippen molar-refractivity contribution >= 4 is 29.3 Å². The molecule has 0 saturated carbocycles. The van der Waals surface area contributed by atoms with Crippen molar-refractivity contribution in [3.05, 3.63) is 53.6 Å². The van der Waals surface area contributed by atoms with Gasteiger partial charge in [-0.3, -0.25) is 9.59 Å². The molecule has 176 valence electrons. The average Bonchev–Trinajstić information content (AvgIpc) is 3.33. The third-order valence-corrected chi connectivity index (χ3v) is 4.87. The third kappa shape index (κ3) is 6.48. The minimum atomic E-state index is -4.75. The summed E-state index contributed by atoms with van der Waals surface area (Å²) in [7, 11) is 2.95. The summed E-state index contributed by atoms with van der Waals surface area (Å²) >= 11 is 0. The molecule has 10 heteroatoms. The van der Waals surface area contributed by atoms with Crippen LogP contribution in [0.5, 0.6) is 11.5 Å². The molecule has 1 heterocycles. The maximum atomic E-state index is 13.6. The lowest BCUT2D eigenvalue weighted by Crippen LogP contribution is -2.27. The van der Waals surface area contributed by atoms with Gasteiger partial charge in [0.05, 0.1) is 25.5 Å². The number of halogens is 3. The lowest BCUT2D eigenvalue weighted by molar-refractivity contribution is -0.137. The number of alkyl halides is 3. The van der Waals surface area contributed by atoms with Crippen molar-refractivity contribution in [2.45, 2.75) is 25.1 Å². The van der Waals surface area contributed by atoms with Gasteiger partial charge in [0, 0.05) is 24.4 Å². The third-order valence-electron chi connectivity index (χ3n) is 4.87. The van der Waals surface area contributed by atoms with E-state index in [1.54, 1.807) is 18.2 Å². The summed E-state index contributed by atoms with van der Waals surface area (Å²) in [6.45, 7) is 0.437. The number of hydrogen-bond donors (Lipinski definition) is 2. The Morgan fingerprint density at radius 2 is 1.76 bits per heavy atom. The Bertz CT molecular complexity index is 1020. The Morgan fingerprint density at radius 3 is 2.33 bits per heavy atom. The molecule has 7 nitrogen and oxygen atoms in total. The topological polar surface area (TPSA) is 85.9 Å². The van der Waals surface area contributed by atoms with Crippen LogP contribution in [-0.2, 0) is 20.5 Å². The van der Waals surface area contributed by atoms with Gasteiger partial charge in [0.15, 0.2) is 0 Å². The quantitative estimate of drug-likeness (QED) is 0.590. The number of carbonyl (C=O) groups is 2. The van der Waals surface area contributed by atoms with Crippen LogP contribution >= 0.6 is 0 Å². The second kappa shape index (κ2) is 10.4. The normalized spacial score (nSPS) is 16.0. The maximum absolute atomic E-state index is 13.6. The number of anilines is 2. The predicted molar refractivity (Wildman–Crippen MR) is 116 cm³/mol. The molecule has 0 spiro atoms. The van der Waals surface area contributed by atoms with Gasteiger partial charge in [-0.1, -0.05) is 0 Å². The summed E-state index contributed by atoms with van der Waals surface area (Å²) in [5.74, 6) is -0.281. The highest BCUT2D eigenvalue weighted by molar-refractivity contribution is 6.03. The highest BCUT2D eigenvalue weighted by atomic mass is 19.4. The first-order chi connectivity index (χ1) is 15.7. The van der Waals surface area contributed by atoms with E-state index in [9.17, 15) is 22.8 Å². The minimum Gasteiger partial charge on any atom is -0.497 e. The first-order valence-electron chi connectivity index (χ1n) is 10.1. The zero-order valence-electron chi connectivity index (χ0n) is 18.0. The molecule has 0 bridgehead atoms. The number of benzene rings is 2. The Morgan fingerprint density at radius 1 is 1.06 bits per heavy atom. The first-order valence-corrected chi connectivity index (χ1v) is 10.1. The van der Waals surface area contributed by atoms with Crippen molar-refractivity contribution < 1.29 is 37.0 Å². The fraction of sp³-hybridized carbons (Fsp3) is 0.304. The zero-order chi connectivity index (χ0) is 24.0. The van der Waals surface area contributed by atoms with Gasteiger partial charge in [-0.25, -0.2) is 0 Å². The van der Waals surface area contributed by atoms with E-state index in [1.807, 2.05) is 0 Å². The van der Waals surface area contributed by atoms with Crippen LogP contribution < -0.4 is 20.1 Å². The molecule has 0 aromatic heterocycles. The van der Waals surface area contributed by atoms with Gasteiger partial charge in [-0.2, -0.15) is 13.2 Å². The van der Waals surface area contributed by atoms with Crippen LogP contribution in [0.2, 0.25) is 0 Å². The van der Waals surface area contributed by atoms with Crippen molar-refractivity contribution in [1.82, 2.24) is 0 Å². The Labute approximate surface area is 188 Å². The van der Waals surface area contributed by atoms with E-state index in [4.69, 9.17) is 14.2 Å². The van der Waals surface area contributed by atoms with Crippen LogP contribution in [0.25, 0.3) is 6.08 Å². The number of nitrogens with one attached hydrogen (secondary N) is 2. The maximum Gasteiger partial charge on any atom is 0.418 e. The molecule has 0 radical (unpaired) electrons.